The lowest BCUT2D eigenvalue weighted by molar-refractivity contribution is 0.312. The van der Waals surface area contributed by atoms with Crippen LogP contribution in [0.1, 0.15) is 39.5 Å². The summed E-state index contributed by atoms with van der Waals surface area (Å²) in [5, 5.41) is 0. The molecule has 0 N–H and O–H groups in total. The van der Waals surface area contributed by atoms with Gasteiger partial charge in [-0.2, -0.15) is 0 Å². The van der Waals surface area contributed by atoms with Gasteiger partial charge in [-0.1, -0.05) is 33.3 Å². The van der Waals surface area contributed by atoms with Crippen LogP contribution < -0.4 is 0 Å². The lowest BCUT2D eigenvalue weighted by Gasteiger charge is -2.22. The maximum Gasteiger partial charge on any atom is -0.0348 e. The molecule has 0 amide bonds. The number of hydrogen-bond donors (Lipinski definition) is 0. The van der Waals surface area contributed by atoms with Gasteiger partial charge < -0.3 is 0 Å². The van der Waals surface area contributed by atoms with E-state index in [2.05, 4.69) is 27.4 Å². The molecule has 0 aromatic heterocycles. The standard InChI is InChI=1S/C10H19/c1-5-7-9-10(3,4)8-6-2/h5H,1-2,6-9H2,3-4H3. The van der Waals surface area contributed by atoms with Crippen LogP contribution in [0.2, 0.25) is 0 Å². The zero-order valence-corrected chi connectivity index (χ0v) is 7.32. The zero-order valence-electron chi connectivity index (χ0n) is 7.32. The second-order valence-corrected chi connectivity index (χ2v) is 3.60. The van der Waals surface area contributed by atoms with Crippen molar-refractivity contribution in [1.29, 1.82) is 0 Å². The topological polar surface area (TPSA) is 0 Å². The molecule has 0 spiro atoms. The molecule has 0 aromatic rings. The normalized spacial score (nSPS) is 11.5. The Morgan fingerprint density at radius 1 is 1.30 bits per heavy atom. The van der Waals surface area contributed by atoms with Crippen LogP contribution in [0.15, 0.2) is 12.7 Å². The number of hydrogen-bond acceptors (Lipinski definition) is 0. The quantitative estimate of drug-likeness (QED) is 0.510. The Morgan fingerprint density at radius 3 is 2.30 bits per heavy atom. The number of rotatable bonds is 5. The van der Waals surface area contributed by atoms with Crippen molar-refractivity contribution in [3.05, 3.63) is 19.6 Å². The van der Waals surface area contributed by atoms with Crippen molar-refractivity contribution >= 4 is 0 Å². The summed E-state index contributed by atoms with van der Waals surface area (Å²) in [6, 6.07) is 0. The molecule has 1 radical (unpaired) electrons. The van der Waals surface area contributed by atoms with Gasteiger partial charge in [0.15, 0.2) is 0 Å². The molecule has 0 heteroatoms. The van der Waals surface area contributed by atoms with E-state index in [1.165, 1.54) is 12.8 Å². The van der Waals surface area contributed by atoms with Crippen molar-refractivity contribution in [1.82, 2.24) is 0 Å². The minimum Gasteiger partial charge on any atom is -0.103 e. The highest BCUT2D eigenvalue weighted by Crippen LogP contribution is 2.27. The molecule has 0 unspecified atom stereocenters. The van der Waals surface area contributed by atoms with Crippen LogP contribution >= 0.6 is 0 Å². The summed E-state index contributed by atoms with van der Waals surface area (Å²) in [7, 11) is 0. The summed E-state index contributed by atoms with van der Waals surface area (Å²) in [5.41, 5.74) is 0.468. The summed E-state index contributed by atoms with van der Waals surface area (Å²) in [6.45, 7) is 12.1. The molecule has 0 rings (SSSR count). The van der Waals surface area contributed by atoms with Crippen LogP contribution in [0.3, 0.4) is 0 Å². The van der Waals surface area contributed by atoms with Gasteiger partial charge in [0.05, 0.1) is 0 Å². The highest BCUT2D eigenvalue weighted by Gasteiger charge is 2.14. The molecule has 0 aliphatic heterocycles. The summed E-state index contributed by atoms with van der Waals surface area (Å²) in [4.78, 5) is 0. The predicted molar refractivity (Wildman–Crippen MR) is 47.8 cm³/mol. The summed E-state index contributed by atoms with van der Waals surface area (Å²) in [6.07, 6.45) is 6.63. The molecule has 59 valence electrons. The van der Waals surface area contributed by atoms with Gasteiger partial charge in [-0.3, -0.25) is 0 Å². The van der Waals surface area contributed by atoms with Gasteiger partial charge in [0, 0.05) is 0 Å². The van der Waals surface area contributed by atoms with Crippen molar-refractivity contribution in [2.24, 2.45) is 5.41 Å². The molecule has 0 aliphatic rings. The largest absolute Gasteiger partial charge is 0.103 e. The Bertz CT molecular complexity index is 90.2. The molecular weight excluding hydrogens is 120 g/mol. The first kappa shape index (κ1) is 9.74. The fourth-order valence-electron chi connectivity index (χ4n) is 1.10. The SMILES string of the molecule is [CH2]CCC(C)(C)CCC=C. The van der Waals surface area contributed by atoms with Crippen LogP contribution in [0, 0.1) is 12.3 Å². The molecule has 0 atom stereocenters. The lowest BCUT2D eigenvalue weighted by Crippen LogP contribution is -2.09. The van der Waals surface area contributed by atoms with Gasteiger partial charge in [0.2, 0.25) is 0 Å². The maximum atomic E-state index is 3.85. The van der Waals surface area contributed by atoms with Crippen LogP contribution in [-0.4, -0.2) is 0 Å². The van der Waals surface area contributed by atoms with E-state index in [1.807, 2.05) is 6.08 Å². The van der Waals surface area contributed by atoms with Crippen LogP contribution in [-0.2, 0) is 0 Å². The van der Waals surface area contributed by atoms with Crippen molar-refractivity contribution < 1.29 is 0 Å². The van der Waals surface area contributed by atoms with Gasteiger partial charge in [-0.15, -0.1) is 6.58 Å². The molecule has 0 nitrogen and oxygen atoms in total. The van der Waals surface area contributed by atoms with E-state index < -0.39 is 0 Å². The van der Waals surface area contributed by atoms with E-state index in [-0.39, 0.29) is 0 Å². The average molecular weight is 139 g/mol. The first-order chi connectivity index (χ1) is 4.62. The van der Waals surface area contributed by atoms with Gasteiger partial charge in [0.1, 0.15) is 0 Å². The van der Waals surface area contributed by atoms with E-state index >= 15 is 0 Å². The van der Waals surface area contributed by atoms with Crippen LogP contribution in [0.4, 0.5) is 0 Å². The third-order valence-electron chi connectivity index (χ3n) is 1.88. The molecule has 0 fully saturated rings. The van der Waals surface area contributed by atoms with Gasteiger partial charge >= 0.3 is 0 Å². The Morgan fingerprint density at radius 2 is 1.90 bits per heavy atom. The minimum absolute atomic E-state index is 0.468. The highest BCUT2D eigenvalue weighted by molar-refractivity contribution is 4.75. The van der Waals surface area contributed by atoms with Gasteiger partial charge in [-0.25, -0.2) is 0 Å². The molecule has 0 bridgehead atoms. The zero-order chi connectivity index (χ0) is 8.04. The fourth-order valence-corrected chi connectivity index (χ4v) is 1.10. The molecule has 10 heavy (non-hydrogen) atoms. The van der Waals surface area contributed by atoms with E-state index in [0.29, 0.717) is 5.41 Å². The van der Waals surface area contributed by atoms with E-state index in [9.17, 15) is 0 Å². The smallest absolute Gasteiger partial charge is 0.0348 e. The Labute approximate surface area is 65.3 Å². The maximum absolute atomic E-state index is 3.85. The third kappa shape index (κ3) is 4.60. The van der Waals surface area contributed by atoms with E-state index in [0.717, 1.165) is 12.8 Å². The minimum atomic E-state index is 0.468. The predicted octanol–water partition coefficient (Wildman–Crippen LogP) is 3.59. The van der Waals surface area contributed by atoms with Crippen LogP contribution in [0.5, 0.6) is 0 Å². The Balaban J connectivity index is 3.51. The number of allylic oxidation sites excluding steroid dienone is 1. The Hall–Kier alpha value is -0.260. The third-order valence-corrected chi connectivity index (χ3v) is 1.88. The van der Waals surface area contributed by atoms with Crippen molar-refractivity contribution in [2.75, 3.05) is 0 Å². The molecule has 0 saturated carbocycles. The fraction of sp³-hybridized carbons (Fsp3) is 0.700. The second-order valence-electron chi connectivity index (χ2n) is 3.60. The van der Waals surface area contributed by atoms with E-state index in [4.69, 9.17) is 0 Å². The summed E-state index contributed by atoms with van der Waals surface area (Å²) >= 11 is 0. The molecule has 0 aliphatic carbocycles. The molecule has 0 heterocycles. The van der Waals surface area contributed by atoms with Crippen molar-refractivity contribution in [2.45, 2.75) is 39.5 Å². The molecular formula is C10H19. The van der Waals surface area contributed by atoms with Crippen molar-refractivity contribution in [3.8, 4) is 0 Å². The second kappa shape index (κ2) is 4.54. The van der Waals surface area contributed by atoms with Gasteiger partial charge in [-0.05, 0) is 24.7 Å². The van der Waals surface area contributed by atoms with Crippen LogP contribution in [0.25, 0.3) is 0 Å². The molecule has 0 aromatic carbocycles. The first-order valence-corrected chi connectivity index (χ1v) is 4.02. The van der Waals surface area contributed by atoms with E-state index in [1.54, 1.807) is 0 Å². The first-order valence-electron chi connectivity index (χ1n) is 4.02. The monoisotopic (exact) mass is 139 g/mol. The van der Waals surface area contributed by atoms with Crippen molar-refractivity contribution in [3.63, 3.8) is 0 Å². The highest BCUT2D eigenvalue weighted by atomic mass is 14.2. The lowest BCUT2D eigenvalue weighted by atomic mass is 9.83. The summed E-state index contributed by atoms with van der Waals surface area (Å²) < 4.78 is 0. The Kier molecular flexibility index (Phi) is 4.42. The summed E-state index contributed by atoms with van der Waals surface area (Å²) in [5.74, 6) is 0. The molecule has 0 saturated heterocycles. The van der Waals surface area contributed by atoms with Gasteiger partial charge in [0.25, 0.3) is 0 Å². The average Bonchev–Trinajstić information content (AvgIpc) is 1.84.